The molecule has 2 rings (SSSR count). The number of ether oxygens (including phenoxy) is 2. The van der Waals surface area contributed by atoms with Gasteiger partial charge in [-0.05, 0) is 36.5 Å². The van der Waals surface area contributed by atoms with Gasteiger partial charge in [0, 0.05) is 19.6 Å². The predicted octanol–water partition coefficient (Wildman–Crippen LogP) is 2.13. The van der Waals surface area contributed by atoms with Crippen LogP contribution in [0.5, 0.6) is 5.75 Å². The first-order valence-corrected chi connectivity index (χ1v) is 6.40. The van der Waals surface area contributed by atoms with Crippen molar-refractivity contribution < 1.29 is 9.47 Å². The zero-order valence-electron chi connectivity index (χ0n) is 10.2. The molecule has 0 amide bonds. The van der Waals surface area contributed by atoms with Gasteiger partial charge in [0.15, 0.2) is 0 Å². The Labute approximate surface area is 112 Å². The lowest BCUT2D eigenvalue weighted by molar-refractivity contribution is 0.0322. The number of morpholine rings is 1. The van der Waals surface area contributed by atoms with Gasteiger partial charge in [0.25, 0.3) is 0 Å². The summed E-state index contributed by atoms with van der Waals surface area (Å²) in [6.07, 6.45) is 0. The minimum absolute atomic E-state index is 0.690. The number of hydrogen-bond donors (Lipinski definition) is 0. The van der Waals surface area contributed by atoms with E-state index in [1.807, 2.05) is 24.3 Å². The summed E-state index contributed by atoms with van der Waals surface area (Å²) in [6.45, 7) is 5.25. The Balaban J connectivity index is 1.74. The maximum atomic E-state index is 5.67. The summed E-state index contributed by atoms with van der Waals surface area (Å²) < 4.78 is 11.0. The molecule has 1 heterocycles. The zero-order chi connectivity index (χ0) is 12.6. The van der Waals surface area contributed by atoms with Crippen molar-refractivity contribution in [1.29, 1.82) is 0 Å². The van der Waals surface area contributed by atoms with Crippen molar-refractivity contribution in [2.45, 2.75) is 0 Å². The van der Waals surface area contributed by atoms with Gasteiger partial charge in [-0.3, -0.25) is 4.90 Å². The van der Waals surface area contributed by atoms with Gasteiger partial charge in [-0.1, -0.05) is 0 Å². The van der Waals surface area contributed by atoms with Crippen molar-refractivity contribution in [3.05, 3.63) is 24.3 Å². The molecule has 0 spiro atoms. The molecule has 0 aliphatic carbocycles. The largest absolute Gasteiger partial charge is 0.492 e. The Kier molecular flexibility index (Phi) is 5.30. The van der Waals surface area contributed by atoms with Gasteiger partial charge in [-0.25, -0.2) is 0 Å². The standard InChI is InChI=1S/C13H16N2O2S/c18-11-14-12-1-3-13(4-2-12)17-10-7-15-5-8-16-9-6-15/h1-4H,5-10H2. The average Bonchev–Trinajstić information content (AvgIpc) is 2.42. The highest BCUT2D eigenvalue weighted by Gasteiger charge is 2.09. The fourth-order valence-corrected chi connectivity index (χ4v) is 1.89. The first-order valence-electron chi connectivity index (χ1n) is 5.99. The molecule has 18 heavy (non-hydrogen) atoms. The van der Waals surface area contributed by atoms with Crippen LogP contribution in [0.4, 0.5) is 5.69 Å². The third-order valence-corrected chi connectivity index (χ3v) is 2.88. The lowest BCUT2D eigenvalue weighted by atomic mass is 10.3. The monoisotopic (exact) mass is 264 g/mol. The van der Waals surface area contributed by atoms with Gasteiger partial charge in [-0.15, -0.1) is 0 Å². The van der Waals surface area contributed by atoms with E-state index >= 15 is 0 Å². The van der Waals surface area contributed by atoms with Crippen molar-refractivity contribution in [3.8, 4) is 5.75 Å². The van der Waals surface area contributed by atoms with Crippen LogP contribution in [-0.4, -0.2) is 49.5 Å². The summed E-state index contributed by atoms with van der Waals surface area (Å²) in [5.41, 5.74) is 0.797. The van der Waals surface area contributed by atoms with Crippen molar-refractivity contribution >= 4 is 23.1 Å². The normalized spacial score (nSPS) is 16.0. The van der Waals surface area contributed by atoms with Crippen LogP contribution in [0, 0.1) is 0 Å². The molecule has 1 aromatic rings. The molecule has 0 atom stereocenters. The van der Waals surface area contributed by atoms with Gasteiger partial charge >= 0.3 is 0 Å². The van der Waals surface area contributed by atoms with E-state index in [1.54, 1.807) is 0 Å². The van der Waals surface area contributed by atoms with Crippen molar-refractivity contribution in [3.63, 3.8) is 0 Å². The molecule has 0 N–H and O–H groups in total. The fraction of sp³-hybridized carbons (Fsp3) is 0.462. The maximum absolute atomic E-state index is 5.67. The number of aliphatic imine (C=N–C) groups is 1. The average molecular weight is 264 g/mol. The second-order valence-electron chi connectivity index (χ2n) is 4.00. The summed E-state index contributed by atoms with van der Waals surface area (Å²) in [4.78, 5) is 6.23. The van der Waals surface area contributed by atoms with Crippen molar-refractivity contribution in [1.82, 2.24) is 4.90 Å². The van der Waals surface area contributed by atoms with Gasteiger partial charge < -0.3 is 9.47 Å². The Morgan fingerprint density at radius 1 is 1.28 bits per heavy atom. The zero-order valence-corrected chi connectivity index (χ0v) is 11.0. The van der Waals surface area contributed by atoms with E-state index in [0.29, 0.717) is 6.61 Å². The molecule has 0 bridgehead atoms. The molecular weight excluding hydrogens is 248 g/mol. The van der Waals surface area contributed by atoms with E-state index in [9.17, 15) is 0 Å². The molecule has 4 nitrogen and oxygen atoms in total. The van der Waals surface area contributed by atoms with Crippen LogP contribution in [0.1, 0.15) is 0 Å². The number of isothiocyanates is 1. The van der Waals surface area contributed by atoms with E-state index in [0.717, 1.165) is 44.3 Å². The molecule has 1 saturated heterocycles. The summed E-state index contributed by atoms with van der Waals surface area (Å²) in [5.74, 6) is 0.853. The summed E-state index contributed by atoms with van der Waals surface area (Å²) in [5, 5.41) is 2.34. The van der Waals surface area contributed by atoms with Crippen LogP contribution in [0.15, 0.2) is 29.3 Å². The highest BCUT2D eigenvalue weighted by atomic mass is 32.1. The van der Waals surface area contributed by atoms with Gasteiger partial charge in [0.05, 0.1) is 24.1 Å². The van der Waals surface area contributed by atoms with Crippen molar-refractivity contribution in [2.24, 2.45) is 4.99 Å². The lowest BCUT2D eigenvalue weighted by Gasteiger charge is -2.26. The van der Waals surface area contributed by atoms with E-state index in [4.69, 9.17) is 9.47 Å². The minimum Gasteiger partial charge on any atom is -0.492 e. The molecular formula is C13H16N2O2S. The molecule has 0 radical (unpaired) electrons. The first kappa shape index (κ1) is 13.2. The Hall–Kier alpha value is -1.26. The first-order chi connectivity index (χ1) is 8.88. The summed E-state index contributed by atoms with van der Waals surface area (Å²) in [7, 11) is 0. The third-order valence-electron chi connectivity index (χ3n) is 2.79. The number of nitrogens with zero attached hydrogens (tertiary/aromatic N) is 2. The number of rotatable bonds is 5. The maximum Gasteiger partial charge on any atom is 0.119 e. The van der Waals surface area contributed by atoms with E-state index in [1.165, 1.54) is 0 Å². The second-order valence-corrected chi connectivity index (χ2v) is 4.18. The highest BCUT2D eigenvalue weighted by Crippen LogP contribution is 2.17. The van der Waals surface area contributed by atoms with Crippen LogP contribution < -0.4 is 4.74 Å². The summed E-state index contributed by atoms with van der Waals surface area (Å²) >= 11 is 4.55. The topological polar surface area (TPSA) is 34.1 Å². The molecule has 0 unspecified atom stereocenters. The number of thiocarbonyl (C=S) groups is 1. The molecule has 1 aliphatic rings. The van der Waals surface area contributed by atoms with Crippen LogP contribution >= 0.6 is 12.2 Å². The lowest BCUT2D eigenvalue weighted by Crippen LogP contribution is -2.38. The van der Waals surface area contributed by atoms with Gasteiger partial charge in [0.2, 0.25) is 0 Å². The minimum atomic E-state index is 0.690. The van der Waals surface area contributed by atoms with Crippen LogP contribution in [0.25, 0.3) is 0 Å². The number of benzene rings is 1. The summed E-state index contributed by atoms with van der Waals surface area (Å²) in [6, 6.07) is 7.52. The molecule has 1 fully saturated rings. The predicted molar refractivity (Wildman–Crippen MR) is 73.9 cm³/mol. The molecule has 0 saturated carbocycles. The van der Waals surface area contributed by atoms with E-state index in [-0.39, 0.29) is 0 Å². The quantitative estimate of drug-likeness (QED) is 0.603. The molecule has 1 aromatic carbocycles. The smallest absolute Gasteiger partial charge is 0.119 e. The SMILES string of the molecule is S=C=Nc1ccc(OCCN2CCOCC2)cc1. The van der Waals surface area contributed by atoms with E-state index in [2.05, 4.69) is 27.3 Å². The van der Waals surface area contributed by atoms with Crippen LogP contribution in [0.3, 0.4) is 0 Å². The van der Waals surface area contributed by atoms with Gasteiger partial charge in [-0.2, -0.15) is 4.99 Å². The van der Waals surface area contributed by atoms with Crippen LogP contribution in [-0.2, 0) is 4.74 Å². The fourth-order valence-electron chi connectivity index (χ4n) is 1.79. The Bertz CT molecular complexity index is 410. The highest BCUT2D eigenvalue weighted by molar-refractivity contribution is 7.78. The Morgan fingerprint density at radius 3 is 2.67 bits per heavy atom. The Morgan fingerprint density at radius 2 is 2.00 bits per heavy atom. The van der Waals surface area contributed by atoms with Gasteiger partial charge in [0.1, 0.15) is 12.4 Å². The molecule has 1 aliphatic heterocycles. The van der Waals surface area contributed by atoms with Crippen LogP contribution in [0.2, 0.25) is 0 Å². The van der Waals surface area contributed by atoms with Crippen molar-refractivity contribution in [2.75, 3.05) is 39.5 Å². The second kappa shape index (κ2) is 7.24. The van der Waals surface area contributed by atoms with E-state index < -0.39 is 0 Å². The number of hydrogen-bond acceptors (Lipinski definition) is 5. The third kappa shape index (κ3) is 4.20. The molecule has 5 heteroatoms. The molecule has 0 aromatic heterocycles. The molecule has 96 valence electrons.